The molecule has 0 radical (unpaired) electrons. The molecule has 17 heavy (non-hydrogen) atoms. The summed E-state index contributed by atoms with van der Waals surface area (Å²) >= 11 is 0. The molecule has 0 fully saturated rings. The molecule has 5 N–H and O–H groups in total. The molecule has 90 valence electrons. The minimum atomic E-state index is -0.596. The van der Waals surface area contributed by atoms with Gasteiger partial charge >= 0.3 is 0 Å². The number of hydrogen-bond donors (Lipinski definition) is 3. The van der Waals surface area contributed by atoms with Crippen LogP contribution in [0.1, 0.15) is 27.6 Å². The number of benzene rings is 1. The van der Waals surface area contributed by atoms with Crippen LogP contribution in [0.15, 0.2) is 12.1 Å². The zero-order chi connectivity index (χ0) is 12.7. The number of rotatable bonds is 2. The number of aliphatic hydroxyl groups is 1. The Hall–Kier alpha value is -2.08. The summed E-state index contributed by atoms with van der Waals surface area (Å²) in [6, 6.07) is 2.39. The number of nitrogen functional groups attached to an aromatic ring is 2. The smallest absolute Gasteiger partial charge is 0.264 e. The molecule has 1 aliphatic rings. The summed E-state index contributed by atoms with van der Waals surface area (Å²) in [5, 5.41) is 9.04. The van der Waals surface area contributed by atoms with Crippen LogP contribution in [0.25, 0.3) is 0 Å². The molecular formula is C11H13N3O3. The van der Waals surface area contributed by atoms with E-state index in [4.69, 9.17) is 16.6 Å². The largest absolute Gasteiger partial charge is 0.398 e. The van der Waals surface area contributed by atoms with Crippen molar-refractivity contribution in [2.24, 2.45) is 0 Å². The lowest BCUT2D eigenvalue weighted by atomic mass is 10.1. The van der Waals surface area contributed by atoms with Crippen molar-refractivity contribution in [1.29, 1.82) is 0 Å². The summed E-state index contributed by atoms with van der Waals surface area (Å²) in [7, 11) is 0. The Bertz CT molecular complexity index is 472. The van der Waals surface area contributed by atoms with Gasteiger partial charge in [-0.2, -0.15) is 0 Å². The normalized spacial score (nSPS) is 16.2. The van der Waals surface area contributed by atoms with Crippen LogP contribution in [-0.2, 0) is 0 Å². The van der Waals surface area contributed by atoms with Crippen molar-refractivity contribution < 1.29 is 14.7 Å². The fourth-order valence-electron chi connectivity index (χ4n) is 1.91. The van der Waals surface area contributed by atoms with E-state index < -0.39 is 17.9 Å². The highest BCUT2D eigenvalue weighted by Gasteiger charge is 2.41. The van der Waals surface area contributed by atoms with Crippen LogP contribution < -0.4 is 11.5 Å². The van der Waals surface area contributed by atoms with Crippen molar-refractivity contribution in [3.05, 3.63) is 23.3 Å². The molecule has 0 spiro atoms. The van der Waals surface area contributed by atoms with Gasteiger partial charge in [0.15, 0.2) is 0 Å². The number of amides is 2. The quantitative estimate of drug-likeness (QED) is 0.487. The Morgan fingerprint density at radius 2 is 1.59 bits per heavy atom. The number of aliphatic hydroxyl groups excluding tert-OH is 1. The molecule has 0 saturated carbocycles. The number of fused-ring (bicyclic) bond motifs is 1. The second-order valence-corrected chi connectivity index (χ2v) is 4.01. The maximum absolute atomic E-state index is 12.0. The molecule has 6 nitrogen and oxygen atoms in total. The highest BCUT2D eigenvalue weighted by Crippen LogP contribution is 2.32. The zero-order valence-corrected chi connectivity index (χ0v) is 9.30. The molecule has 1 heterocycles. The van der Waals surface area contributed by atoms with Crippen LogP contribution >= 0.6 is 0 Å². The first-order chi connectivity index (χ1) is 7.99. The molecule has 2 amide bonds. The Balaban J connectivity index is 2.61. The number of carbonyl (C=O) groups is 2. The minimum Gasteiger partial charge on any atom is -0.398 e. The second kappa shape index (κ2) is 3.74. The van der Waals surface area contributed by atoms with Gasteiger partial charge in [-0.25, -0.2) is 0 Å². The van der Waals surface area contributed by atoms with Gasteiger partial charge in [0.05, 0.1) is 23.8 Å². The summed E-state index contributed by atoms with van der Waals surface area (Å²) in [5.41, 5.74) is 12.1. The molecule has 0 aromatic heterocycles. The van der Waals surface area contributed by atoms with Crippen molar-refractivity contribution in [2.75, 3.05) is 18.1 Å². The van der Waals surface area contributed by atoms with E-state index in [9.17, 15) is 9.59 Å². The molecule has 0 saturated heterocycles. The average Bonchev–Trinajstić information content (AvgIpc) is 2.56. The predicted molar refractivity (Wildman–Crippen MR) is 62.3 cm³/mol. The molecule has 0 unspecified atom stereocenters. The Kier molecular flexibility index (Phi) is 2.51. The van der Waals surface area contributed by atoms with Gasteiger partial charge in [-0.1, -0.05) is 0 Å². The van der Waals surface area contributed by atoms with Crippen molar-refractivity contribution in [3.8, 4) is 0 Å². The average molecular weight is 235 g/mol. The maximum Gasteiger partial charge on any atom is 0.264 e. The third-order valence-corrected chi connectivity index (χ3v) is 2.84. The summed E-state index contributed by atoms with van der Waals surface area (Å²) in [4.78, 5) is 25.1. The van der Waals surface area contributed by atoms with E-state index >= 15 is 0 Å². The molecule has 1 atom stereocenters. The molecule has 6 heteroatoms. The maximum atomic E-state index is 12.0. The number of imide groups is 1. The number of nitrogens with two attached hydrogens (primary N) is 2. The third-order valence-electron chi connectivity index (χ3n) is 2.84. The molecule has 1 aromatic carbocycles. The zero-order valence-electron chi connectivity index (χ0n) is 9.30. The van der Waals surface area contributed by atoms with E-state index in [2.05, 4.69) is 0 Å². The number of nitrogens with zero attached hydrogens (tertiary/aromatic N) is 1. The molecule has 1 aromatic rings. The Morgan fingerprint density at radius 3 is 1.94 bits per heavy atom. The molecular weight excluding hydrogens is 222 g/mol. The van der Waals surface area contributed by atoms with Gasteiger partial charge in [0.1, 0.15) is 0 Å². The number of carbonyl (C=O) groups excluding carboxylic acids is 2. The van der Waals surface area contributed by atoms with Gasteiger partial charge in [0.25, 0.3) is 11.8 Å². The van der Waals surface area contributed by atoms with E-state index in [1.807, 2.05) is 0 Å². The van der Waals surface area contributed by atoms with E-state index in [1.165, 1.54) is 12.1 Å². The second-order valence-electron chi connectivity index (χ2n) is 4.01. The van der Waals surface area contributed by atoms with Gasteiger partial charge in [-0.3, -0.25) is 14.5 Å². The van der Waals surface area contributed by atoms with Crippen LogP contribution in [0.3, 0.4) is 0 Å². The lowest BCUT2D eigenvalue weighted by molar-refractivity contribution is 0.0538. The summed E-state index contributed by atoms with van der Waals surface area (Å²) in [6.45, 7) is 1.28. The highest BCUT2D eigenvalue weighted by molar-refractivity contribution is 6.25. The fraction of sp³-hybridized carbons (Fsp3) is 0.273. The fourth-order valence-corrected chi connectivity index (χ4v) is 1.91. The van der Waals surface area contributed by atoms with Crippen LogP contribution in [0.2, 0.25) is 0 Å². The van der Waals surface area contributed by atoms with Gasteiger partial charge < -0.3 is 16.6 Å². The van der Waals surface area contributed by atoms with Crippen molar-refractivity contribution in [2.45, 2.75) is 13.0 Å². The van der Waals surface area contributed by atoms with E-state index in [-0.39, 0.29) is 29.1 Å². The van der Waals surface area contributed by atoms with Gasteiger partial charge in [0, 0.05) is 11.4 Å². The van der Waals surface area contributed by atoms with E-state index in [0.717, 1.165) is 4.90 Å². The Morgan fingerprint density at radius 1 is 1.18 bits per heavy atom. The van der Waals surface area contributed by atoms with Crippen LogP contribution in [0.4, 0.5) is 11.4 Å². The SMILES string of the molecule is C[C@@H](CO)N1C(=O)c2c(N)ccc(N)c2C1=O. The molecule has 0 aliphatic carbocycles. The van der Waals surface area contributed by atoms with Crippen LogP contribution in [-0.4, -0.2) is 34.5 Å². The van der Waals surface area contributed by atoms with Crippen molar-refractivity contribution in [3.63, 3.8) is 0 Å². The first kappa shape index (κ1) is 11.4. The monoisotopic (exact) mass is 235 g/mol. The van der Waals surface area contributed by atoms with Crippen LogP contribution in [0, 0.1) is 0 Å². The lowest BCUT2D eigenvalue weighted by Gasteiger charge is -2.20. The molecule has 0 bridgehead atoms. The van der Waals surface area contributed by atoms with Crippen molar-refractivity contribution in [1.82, 2.24) is 4.90 Å². The summed E-state index contributed by atoms with van der Waals surface area (Å²) < 4.78 is 0. The number of anilines is 2. The van der Waals surface area contributed by atoms with E-state index in [1.54, 1.807) is 6.92 Å². The minimum absolute atomic E-state index is 0.135. The first-order valence-electron chi connectivity index (χ1n) is 5.15. The lowest BCUT2D eigenvalue weighted by Crippen LogP contribution is -2.40. The molecule has 2 rings (SSSR count). The van der Waals surface area contributed by atoms with Crippen molar-refractivity contribution >= 4 is 23.2 Å². The number of hydrogen-bond acceptors (Lipinski definition) is 5. The topological polar surface area (TPSA) is 110 Å². The first-order valence-corrected chi connectivity index (χ1v) is 5.15. The molecule has 1 aliphatic heterocycles. The van der Waals surface area contributed by atoms with E-state index in [0.29, 0.717) is 0 Å². The highest BCUT2D eigenvalue weighted by atomic mass is 16.3. The third kappa shape index (κ3) is 1.45. The van der Waals surface area contributed by atoms with Gasteiger partial charge in [0.2, 0.25) is 0 Å². The van der Waals surface area contributed by atoms with Gasteiger partial charge in [-0.15, -0.1) is 0 Å². The van der Waals surface area contributed by atoms with Gasteiger partial charge in [-0.05, 0) is 19.1 Å². The summed E-state index contributed by atoms with van der Waals surface area (Å²) in [6.07, 6.45) is 0. The van der Waals surface area contributed by atoms with Crippen LogP contribution in [0.5, 0.6) is 0 Å². The predicted octanol–water partition coefficient (Wildman–Crippen LogP) is -0.172. The standard InChI is InChI=1S/C11H13N3O3/c1-5(4-15)14-10(16)8-6(12)2-3-7(13)9(8)11(14)17/h2-3,5,15H,4,12-13H2,1H3/t5-/m0/s1. The Labute approximate surface area is 97.8 Å². The summed E-state index contributed by atoms with van der Waals surface area (Å²) in [5.74, 6) is -1.01.